The molecule has 0 bridgehead atoms. The fourth-order valence-electron chi connectivity index (χ4n) is 3.20. The number of hydrogen-bond acceptors (Lipinski definition) is 3. The summed E-state index contributed by atoms with van der Waals surface area (Å²) < 4.78 is 0. The number of nitrogens with one attached hydrogen (secondary N) is 1. The van der Waals surface area contributed by atoms with Crippen LogP contribution in [0.1, 0.15) is 44.9 Å². The summed E-state index contributed by atoms with van der Waals surface area (Å²) in [5, 5.41) is 3.44. The van der Waals surface area contributed by atoms with E-state index in [9.17, 15) is 4.79 Å². The Labute approximate surface area is 129 Å². The monoisotopic (exact) mass is 303 g/mol. The molecule has 20 heavy (non-hydrogen) atoms. The minimum Gasteiger partial charge on any atom is -0.342 e. The van der Waals surface area contributed by atoms with Crippen LogP contribution in [0.15, 0.2) is 0 Å². The first-order valence-corrected chi connectivity index (χ1v) is 7.96. The van der Waals surface area contributed by atoms with Gasteiger partial charge >= 0.3 is 0 Å². The van der Waals surface area contributed by atoms with Gasteiger partial charge in [-0.05, 0) is 52.2 Å². The van der Waals surface area contributed by atoms with Gasteiger partial charge in [0.15, 0.2) is 0 Å². The minimum atomic E-state index is 0. The van der Waals surface area contributed by atoms with Crippen molar-refractivity contribution in [2.75, 3.05) is 39.8 Å². The Morgan fingerprint density at radius 2 is 1.80 bits per heavy atom. The van der Waals surface area contributed by atoms with Gasteiger partial charge in [0, 0.05) is 19.1 Å². The SMILES string of the molecule is CN(CC(=O)N1CCCCCC1)C1CCCNCC1.Cl. The van der Waals surface area contributed by atoms with Crippen molar-refractivity contribution in [3.8, 4) is 0 Å². The summed E-state index contributed by atoms with van der Waals surface area (Å²) in [6.45, 7) is 4.76. The second-order valence-electron chi connectivity index (χ2n) is 6.04. The van der Waals surface area contributed by atoms with Crippen molar-refractivity contribution in [1.82, 2.24) is 15.1 Å². The predicted octanol–water partition coefficient (Wildman–Crippen LogP) is 1.88. The van der Waals surface area contributed by atoms with Crippen molar-refractivity contribution < 1.29 is 4.79 Å². The Morgan fingerprint density at radius 3 is 2.50 bits per heavy atom. The van der Waals surface area contributed by atoms with Gasteiger partial charge in [-0.2, -0.15) is 0 Å². The lowest BCUT2D eigenvalue weighted by atomic mass is 10.1. The van der Waals surface area contributed by atoms with Crippen LogP contribution in [0.2, 0.25) is 0 Å². The number of rotatable bonds is 3. The molecule has 0 aromatic rings. The van der Waals surface area contributed by atoms with Gasteiger partial charge in [-0.3, -0.25) is 9.69 Å². The number of likely N-dealkylation sites (N-methyl/N-ethyl adjacent to an activating group) is 1. The first-order valence-electron chi connectivity index (χ1n) is 7.96. The van der Waals surface area contributed by atoms with Crippen LogP contribution >= 0.6 is 12.4 Å². The van der Waals surface area contributed by atoms with Crippen molar-refractivity contribution in [2.24, 2.45) is 0 Å². The van der Waals surface area contributed by atoms with Crippen LogP contribution in [0.5, 0.6) is 0 Å². The second-order valence-corrected chi connectivity index (χ2v) is 6.04. The number of likely N-dealkylation sites (tertiary alicyclic amines) is 1. The van der Waals surface area contributed by atoms with Gasteiger partial charge in [0.1, 0.15) is 0 Å². The molecule has 2 rings (SSSR count). The summed E-state index contributed by atoms with van der Waals surface area (Å²) in [5.74, 6) is 0.335. The molecule has 0 radical (unpaired) electrons. The van der Waals surface area contributed by atoms with Gasteiger partial charge in [0.2, 0.25) is 5.91 Å². The Balaban J connectivity index is 0.00000200. The maximum atomic E-state index is 12.4. The van der Waals surface area contributed by atoms with Gasteiger partial charge in [-0.15, -0.1) is 12.4 Å². The molecule has 2 aliphatic heterocycles. The lowest BCUT2D eigenvalue weighted by molar-refractivity contribution is -0.132. The highest BCUT2D eigenvalue weighted by Crippen LogP contribution is 2.13. The summed E-state index contributed by atoms with van der Waals surface area (Å²) in [5.41, 5.74) is 0. The van der Waals surface area contributed by atoms with Gasteiger partial charge in [0.25, 0.3) is 0 Å². The molecule has 2 saturated heterocycles. The molecule has 1 amide bonds. The van der Waals surface area contributed by atoms with Crippen LogP contribution in [-0.2, 0) is 4.79 Å². The molecule has 0 spiro atoms. The molecule has 2 aliphatic rings. The maximum Gasteiger partial charge on any atom is 0.236 e. The average molecular weight is 304 g/mol. The molecule has 4 nitrogen and oxygen atoms in total. The molecule has 2 fully saturated rings. The smallest absolute Gasteiger partial charge is 0.236 e. The van der Waals surface area contributed by atoms with Crippen LogP contribution < -0.4 is 5.32 Å². The highest BCUT2D eigenvalue weighted by molar-refractivity contribution is 5.85. The lowest BCUT2D eigenvalue weighted by Crippen LogP contribution is -2.43. The molecule has 0 aromatic heterocycles. The first kappa shape index (κ1) is 17.7. The number of hydrogen-bond donors (Lipinski definition) is 1. The van der Waals surface area contributed by atoms with E-state index in [1.165, 1.54) is 44.9 Å². The van der Waals surface area contributed by atoms with Crippen molar-refractivity contribution >= 4 is 18.3 Å². The average Bonchev–Trinajstić information content (AvgIpc) is 2.83. The minimum absolute atomic E-state index is 0. The maximum absolute atomic E-state index is 12.4. The number of carbonyl (C=O) groups is 1. The second kappa shape index (κ2) is 9.59. The number of nitrogens with zero attached hydrogens (tertiary/aromatic N) is 2. The van der Waals surface area contributed by atoms with E-state index in [1.807, 2.05) is 0 Å². The lowest BCUT2D eigenvalue weighted by Gasteiger charge is -2.29. The highest BCUT2D eigenvalue weighted by Gasteiger charge is 2.22. The van der Waals surface area contributed by atoms with E-state index in [-0.39, 0.29) is 12.4 Å². The van der Waals surface area contributed by atoms with Crippen molar-refractivity contribution in [1.29, 1.82) is 0 Å². The molecule has 0 aliphatic carbocycles. The zero-order valence-electron chi connectivity index (χ0n) is 12.8. The molecule has 1 unspecified atom stereocenters. The number of halogens is 1. The Bertz CT molecular complexity index is 272. The van der Waals surface area contributed by atoms with E-state index >= 15 is 0 Å². The highest BCUT2D eigenvalue weighted by atomic mass is 35.5. The van der Waals surface area contributed by atoms with Crippen LogP contribution in [0.25, 0.3) is 0 Å². The first-order chi connectivity index (χ1) is 9.27. The molecule has 0 aromatic carbocycles. The van der Waals surface area contributed by atoms with Crippen LogP contribution in [0, 0.1) is 0 Å². The molecule has 118 valence electrons. The van der Waals surface area contributed by atoms with E-state index in [0.717, 1.165) is 26.2 Å². The van der Waals surface area contributed by atoms with E-state index in [4.69, 9.17) is 0 Å². The molecule has 0 saturated carbocycles. The molecule has 2 heterocycles. The van der Waals surface area contributed by atoms with Crippen LogP contribution in [-0.4, -0.2) is 61.5 Å². The molecular formula is C15H30ClN3O. The van der Waals surface area contributed by atoms with Gasteiger partial charge < -0.3 is 10.2 Å². The number of carbonyl (C=O) groups excluding carboxylic acids is 1. The fourth-order valence-corrected chi connectivity index (χ4v) is 3.20. The van der Waals surface area contributed by atoms with Crippen LogP contribution in [0.3, 0.4) is 0 Å². The van der Waals surface area contributed by atoms with E-state index in [2.05, 4.69) is 22.2 Å². The van der Waals surface area contributed by atoms with Crippen molar-refractivity contribution in [3.63, 3.8) is 0 Å². The molecule has 1 N–H and O–H groups in total. The largest absolute Gasteiger partial charge is 0.342 e. The molecule has 1 atom stereocenters. The van der Waals surface area contributed by atoms with E-state index < -0.39 is 0 Å². The third-order valence-electron chi connectivity index (χ3n) is 4.51. The third kappa shape index (κ3) is 5.58. The van der Waals surface area contributed by atoms with Gasteiger partial charge in [-0.1, -0.05) is 12.8 Å². The molecular weight excluding hydrogens is 274 g/mol. The molecule has 5 heteroatoms. The van der Waals surface area contributed by atoms with Crippen molar-refractivity contribution in [2.45, 2.75) is 51.0 Å². The van der Waals surface area contributed by atoms with E-state index in [0.29, 0.717) is 18.5 Å². The summed E-state index contributed by atoms with van der Waals surface area (Å²) in [4.78, 5) is 16.7. The van der Waals surface area contributed by atoms with E-state index in [1.54, 1.807) is 0 Å². The summed E-state index contributed by atoms with van der Waals surface area (Å²) in [7, 11) is 2.12. The Morgan fingerprint density at radius 1 is 1.10 bits per heavy atom. The van der Waals surface area contributed by atoms with Gasteiger partial charge in [0.05, 0.1) is 6.54 Å². The van der Waals surface area contributed by atoms with Crippen molar-refractivity contribution in [3.05, 3.63) is 0 Å². The normalized spacial score (nSPS) is 24.7. The standard InChI is InChI=1S/C15H29N3O.ClH/c1-17(14-7-6-9-16-10-8-14)13-15(19)18-11-4-2-3-5-12-18;/h14,16H,2-13H2,1H3;1H. The van der Waals surface area contributed by atoms with Gasteiger partial charge in [-0.25, -0.2) is 0 Å². The summed E-state index contributed by atoms with van der Waals surface area (Å²) in [6, 6.07) is 0.575. The van der Waals surface area contributed by atoms with Crippen LogP contribution in [0.4, 0.5) is 0 Å². The number of amides is 1. The third-order valence-corrected chi connectivity index (χ3v) is 4.51. The topological polar surface area (TPSA) is 35.6 Å². The fraction of sp³-hybridized carbons (Fsp3) is 0.933. The predicted molar refractivity (Wildman–Crippen MR) is 85.4 cm³/mol. The Kier molecular flexibility index (Phi) is 8.50. The zero-order valence-corrected chi connectivity index (χ0v) is 13.6. The zero-order chi connectivity index (χ0) is 13.5. The summed E-state index contributed by atoms with van der Waals surface area (Å²) >= 11 is 0. The summed E-state index contributed by atoms with van der Waals surface area (Å²) in [6.07, 6.45) is 8.56. The quantitative estimate of drug-likeness (QED) is 0.865. The Hall–Kier alpha value is -0.320.